The van der Waals surface area contributed by atoms with Crippen LogP contribution in [0.1, 0.15) is 11.8 Å². The summed E-state index contributed by atoms with van der Waals surface area (Å²) >= 11 is 9.31. The zero-order valence-corrected chi connectivity index (χ0v) is 12.9. The van der Waals surface area contributed by atoms with Crippen LogP contribution in [0.25, 0.3) is 0 Å². The highest BCUT2D eigenvalue weighted by Crippen LogP contribution is 2.34. The molecule has 6 heteroatoms. The van der Waals surface area contributed by atoms with E-state index in [-0.39, 0.29) is 12.6 Å². The fourth-order valence-electron chi connectivity index (χ4n) is 1.39. The molecular formula is C13H15ClN2OS2. The number of aliphatic hydroxyl groups is 1. The van der Waals surface area contributed by atoms with Crippen molar-refractivity contribution in [2.45, 2.75) is 28.7 Å². The van der Waals surface area contributed by atoms with Crippen molar-refractivity contribution in [2.75, 3.05) is 6.61 Å². The fourth-order valence-corrected chi connectivity index (χ4v) is 3.78. The predicted molar refractivity (Wildman–Crippen MR) is 81.1 cm³/mol. The van der Waals surface area contributed by atoms with Crippen LogP contribution in [0.5, 0.6) is 0 Å². The normalized spacial score (nSPS) is 12.6. The van der Waals surface area contributed by atoms with Crippen LogP contribution in [0.2, 0.25) is 5.15 Å². The van der Waals surface area contributed by atoms with Gasteiger partial charge in [-0.3, -0.25) is 0 Å². The van der Waals surface area contributed by atoms with Crippen LogP contribution < -0.4 is 5.32 Å². The van der Waals surface area contributed by atoms with Gasteiger partial charge in [0, 0.05) is 17.5 Å². The van der Waals surface area contributed by atoms with E-state index in [1.54, 1.807) is 23.1 Å². The van der Waals surface area contributed by atoms with Crippen molar-refractivity contribution in [3.63, 3.8) is 0 Å². The molecule has 0 amide bonds. The summed E-state index contributed by atoms with van der Waals surface area (Å²) in [5, 5.41) is 12.7. The second kappa shape index (κ2) is 7.26. The molecule has 2 aromatic rings. The summed E-state index contributed by atoms with van der Waals surface area (Å²) in [5.74, 6) is 0. The number of halogens is 1. The molecule has 2 N–H and O–H groups in total. The molecule has 0 aliphatic carbocycles. The zero-order chi connectivity index (χ0) is 13.7. The molecule has 0 unspecified atom stereocenters. The van der Waals surface area contributed by atoms with Gasteiger partial charge in [-0.15, -0.1) is 11.3 Å². The van der Waals surface area contributed by atoms with Gasteiger partial charge in [0.05, 0.1) is 11.5 Å². The van der Waals surface area contributed by atoms with Crippen molar-refractivity contribution in [2.24, 2.45) is 0 Å². The van der Waals surface area contributed by atoms with Crippen LogP contribution in [0.15, 0.2) is 39.6 Å². The molecule has 19 heavy (non-hydrogen) atoms. The molecule has 1 aromatic carbocycles. The molecule has 0 bridgehead atoms. The SMILES string of the molecule is C[C@H](CO)NCc1sc(Sc2ccccc2)nc1Cl. The van der Waals surface area contributed by atoms with Gasteiger partial charge in [0.1, 0.15) is 5.15 Å². The number of hydrogen-bond acceptors (Lipinski definition) is 5. The van der Waals surface area contributed by atoms with Crippen LogP contribution in [0, 0.1) is 0 Å². The lowest BCUT2D eigenvalue weighted by Gasteiger charge is -2.08. The number of aromatic nitrogens is 1. The van der Waals surface area contributed by atoms with Crippen LogP contribution in [-0.2, 0) is 6.54 Å². The van der Waals surface area contributed by atoms with E-state index in [0.717, 1.165) is 14.1 Å². The van der Waals surface area contributed by atoms with E-state index in [1.165, 1.54) is 0 Å². The van der Waals surface area contributed by atoms with Gasteiger partial charge in [0.25, 0.3) is 0 Å². The smallest absolute Gasteiger partial charge is 0.156 e. The topological polar surface area (TPSA) is 45.1 Å². The number of hydrogen-bond donors (Lipinski definition) is 2. The van der Waals surface area contributed by atoms with Crippen molar-refractivity contribution in [3.05, 3.63) is 40.4 Å². The van der Waals surface area contributed by atoms with Gasteiger partial charge in [-0.05, 0) is 19.1 Å². The molecule has 1 heterocycles. The van der Waals surface area contributed by atoms with Crippen molar-refractivity contribution >= 4 is 34.7 Å². The van der Waals surface area contributed by atoms with Crippen molar-refractivity contribution in [3.8, 4) is 0 Å². The van der Waals surface area contributed by atoms with E-state index >= 15 is 0 Å². The Morgan fingerprint density at radius 1 is 1.42 bits per heavy atom. The molecule has 0 aliphatic heterocycles. The maximum absolute atomic E-state index is 8.97. The highest BCUT2D eigenvalue weighted by Gasteiger charge is 2.11. The first-order chi connectivity index (χ1) is 9.19. The van der Waals surface area contributed by atoms with E-state index < -0.39 is 0 Å². The quantitative estimate of drug-likeness (QED) is 0.857. The number of benzene rings is 1. The summed E-state index contributed by atoms with van der Waals surface area (Å²) in [4.78, 5) is 6.50. The lowest BCUT2D eigenvalue weighted by molar-refractivity contribution is 0.251. The molecule has 102 valence electrons. The molecule has 0 radical (unpaired) electrons. The zero-order valence-electron chi connectivity index (χ0n) is 10.5. The first kappa shape index (κ1) is 14.8. The van der Waals surface area contributed by atoms with E-state index in [2.05, 4.69) is 10.3 Å². The van der Waals surface area contributed by atoms with Crippen LogP contribution >= 0.6 is 34.7 Å². The largest absolute Gasteiger partial charge is 0.395 e. The molecule has 1 atom stereocenters. The number of thiazole rings is 1. The standard InChI is InChI=1S/C13H15ClN2OS2/c1-9(8-17)15-7-11-12(14)16-13(19-11)18-10-5-3-2-4-6-10/h2-6,9,15,17H,7-8H2,1H3/t9-/m1/s1. The maximum atomic E-state index is 8.97. The van der Waals surface area contributed by atoms with Crippen molar-refractivity contribution < 1.29 is 5.11 Å². The molecule has 0 saturated carbocycles. The third kappa shape index (κ3) is 4.47. The lowest BCUT2D eigenvalue weighted by Crippen LogP contribution is -2.28. The van der Waals surface area contributed by atoms with Gasteiger partial charge in [-0.25, -0.2) is 4.98 Å². The molecule has 1 aromatic heterocycles. The van der Waals surface area contributed by atoms with E-state index in [4.69, 9.17) is 16.7 Å². The number of rotatable bonds is 6. The highest BCUT2D eigenvalue weighted by atomic mass is 35.5. The number of nitrogens with one attached hydrogen (secondary N) is 1. The minimum Gasteiger partial charge on any atom is -0.395 e. The fraction of sp³-hybridized carbons (Fsp3) is 0.308. The Hall–Kier alpha value is -0.590. The maximum Gasteiger partial charge on any atom is 0.156 e. The van der Waals surface area contributed by atoms with Gasteiger partial charge in [-0.1, -0.05) is 41.6 Å². The Labute approximate surface area is 126 Å². The number of nitrogens with zero attached hydrogens (tertiary/aromatic N) is 1. The average molecular weight is 315 g/mol. The van der Waals surface area contributed by atoms with Crippen molar-refractivity contribution in [1.82, 2.24) is 10.3 Å². The summed E-state index contributed by atoms with van der Waals surface area (Å²) in [7, 11) is 0. The minimum atomic E-state index is 0.0587. The summed E-state index contributed by atoms with van der Waals surface area (Å²) < 4.78 is 0.935. The summed E-state index contributed by atoms with van der Waals surface area (Å²) in [6, 6.07) is 10.1. The monoisotopic (exact) mass is 314 g/mol. The van der Waals surface area contributed by atoms with Gasteiger partial charge >= 0.3 is 0 Å². The summed E-state index contributed by atoms with van der Waals surface area (Å²) in [6.07, 6.45) is 0. The number of aliphatic hydroxyl groups excluding tert-OH is 1. The molecule has 0 fully saturated rings. The third-order valence-electron chi connectivity index (χ3n) is 2.46. The van der Waals surface area contributed by atoms with E-state index in [1.807, 2.05) is 37.3 Å². The lowest BCUT2D eigenvalue weighted by atomic mass is 10.3. The molecule has 0 saturated heterocycles. The first-order valence-corrected chi connectivity index (χ1v) is 7.92. The average Bonchev–Trinajstić information content (AvgIpc) is 2.77. The summed E-state index contributed by atoms with van der Waals surface area (Å²) in [5.41, 5.74) is 0. The molecule has 3 nitrogen and oxygen atoms in total. The predicted octanol–water partition coefficient (Wildman–Crippen LogP) is 3.42. The van der Waals surface area contributed by atoms with Gasteiger partial charge in [-0.2, -0.15) is 0 Å². The Morgan fingerprint density at radius 2 is 2.16 bits per heavy atom. The van der Waals surface area contributed by atoms with Gasteiger partial charge < -0.3 is 10.4 Å². The highest BCUT2D eigenvalue weighted by molar-refractivity contribution is 8.01. The van der Waals surface area contributed by atoms with Gasteiger partial charge in [0.15, 0.2) is 4.34 Å². The third-order valence-corrected chi connectivity index (χ3v) is 5.01. The van der Waals surface area contributed by atoms with Crippen LogP contribution in [0.3, 0.4) is 0 Å². The summed E-state index contributed by atoms with van der Waals surface area (Å²) in [6.45, 7) is 2.67. The van der Waals surface area contributed by atoms with E-state index in [0.29, 0.717) is 11.7 Å². The van der Waals surface area contributed by atoms with Crippen molar-refractivity contribution in [1.29, 1.82) is 0 Å². The molecular weight excluding hydrogens is 300 g/mol. The molecule has 0 spiro atoms. The first-order valence-electron chi connectivity index (χ1n) is 5.91. The minimum absolute atomic E-state index is 0.0587. The molecule has 0 aliphatic rings. The van der Waals surface area contributed by atoms with Crippen LogP contribution in [0.4, 0.5) is 0 Å². The van der Waals surface area contributed by atoms with E-state index in [9.17, 15) is 0 Å². The Morgan fingerprint density at radius 3 is 2.84 bits per heavy atom. The van der Waals surface area contributed by atoms with Crippen LogP contribution in [-0.4, -0.2) is 22.7 Å². The van der Waals surface area contributed by atoms with Gasteiger partial charge in [0.2, 0.25) is 0 Å². The second-order valence-electron chi connectivity index (χ2n) is 4.07. The molecule has 2 rings (SSSR count). The Bertz CT molecular complexity index is 519. The Kier molecular flexibility index (Phi) is 5.66. The Balaban J connectivity index is 2.00. The second-order valence-corrected chi connectivity index (χ2v) is 6.84.